The fraction of sp³-hybridized carbons (Fsp3) is 0.524. The highest BCUT2D eigenvalue weighted by atomic mass is 32.2. The summed E-state index contributed by atoms with van der Waals surface area (Å²) in [6.45, 7) is 8.71. The maximum absolute atomic E-state index is 12.9. The van der Waals surface area contributed by atoms with Gasteiger partial charge in [-0.05, 0) is 29.5 Å². The monoisotopic (exact) mass is 422 g/mol. The zero-order valence-electron chi connectivity index (χ0n) is 17.6. The highest BCUT2D eigenvalue weighted by Crippen LogP contribution is 2.25. The fourth-order valence-electron chi connectivity index (χ4n) is 2.94. The summed E-state index contributed by atoms with van der Waals surface area (Å²) in [5, 5.41) is 0. The van der Waals surface area contributed by atoms with Gasteiger partial charge in [0.05, 0.1) is 4.90 Å². The molecule has 0 spiro atoms. The minimum Gasteiger partial charge on any atom is -0.452 e. The first-order valence-electron chi connectivity index (χ1n) is 9.77. The fourth-order valence-corrected chi connectivity index (χ4v) is 4.36. The van der Waals surface area contributed by atoms with Gasteiger partial charge in [-0.25, -0.2) is 13.2 Å². The van der Waals surface area contributed by atoms with Crippen LogP contribution in [0.3, 0.4) is 0 Å². The van der Waals surface area contributed by atoms with Gasteiger partial charge in [-0.3, -0.25) is 4.79 Å². The van der Waals surface area contributed by atoms with Crippen LogP contribution in [-0.2, 0) is 29.8 Å². The van der Waals surface area contributed by atoms with Gasteiger partial charge in [0.2, 0.25) is 10.0 Å². The number of carbonyl (C=O) groups is 2. The number of nitrogens with zero attached hydrogens (tertiary/aromatic N) is 2. The highest BCUT2D eigenvalue weighted by molar-refractivity contribution is 7.89. The third-order valence-corrected chi connectivity index (χ3v) is 6.69. The summed E-state index contributed by atoms with van der Waals surface area (Å²) in [6, 6.07) is 6.95. The molecule has 160 valence electrons. The van der Waals surface area contributed by atoms with Crippen molar-refractivity contribution in [2.45, 2.75) is 44.4 Å². The minimum absolute atomic E-state index is 0.0515. The number of amides is 1. The molecule has 8 heteroatoms. The lowest BCUT2D eigenvalue weighted by Crippen LogP contribution is -2.51. The van der Waals surface area contributed by atoms with Crippen molar-refractivity contribution in [1.82, 2.24) is 9.21 Å². The number of piperazine rings is 1. The van der Waals surface area contributed by atoms with E-state index in [1.165, 1.54) is 15.3 Å². The van der Waals surface area contributed by atoms with Gasteiger partial charge in [0, 0.05) is 32.3 Å². The van der Waals surface area contributed by atoms with Gasteiger partial charge < -0.3 is 9.64 Å². The van der Waals surface area contributed by atoms with Crippen LogP contribution in [0, 0.1) is 0 Å². The highest BCUT2D eigenvalue weighted by Gasteiger charge is 2.30. The van der Waals surface area contributed by atoms with Gasteiger partial charge >= 0.3 is 5.97 Å². The Hall–Kier alpha value is -2.19. The van der Waals surface area contributed by atoms with Crippen molar-refractivity contribution in [3.8, 4) is 0 Å². The molecule has 29 heavy (non-hydrogen) atoms. The molecule has 1 aromatic carbocycles. The minimum atomic E-state index is -3.61. The van der Waals surface area contributed by atoms with E-state index in [1.54, 1.807) is 18.2 Å². The Morgan fingerprint density at radius 2 is 1.66 bits per heavy atom. The molecular formula is C21H30N2O5S. The van der Waals surface area contributed by atoms with E-state index in [0.717, 1.165) is 5.56 Å². The van der Waals surface area contributed by atoms with Crippen LogP contribution in [0.4, 0.5) is 0 Å². The van der Waals surface area contributed by atoms with Crippen LogP contribution in [0.25, 0.3) is 0 Å². The van der Waals surface area contributed by atoms with E-state index in [1.807, 2.05) is 19.1 Å². The number of rotatable bonds is 6. The lowest BCUT2D eigenvalue weighted by molar-refractivity contribution is -0.148. The average molecular weight is 423 g/mol. The SMILES string of the molecule is CC/C=C/C(=O)OCC(=O)N1CCN(S(=O)(=O)c2ccc(C(C)(C)C)cc2)CC1. The summed E-state index contributed by atoms with van der Waals surface area (Å²) in [7, 11) is -3.61. The molecule has 0 unspecified atom stereocenters. The average Bonchev–Trinajstić information content (AvgIpc) is 2.70. The zero-order valence-corrected chi connectivity index (χ0v) is 18.4. The van der Waals surface area contributed by atoms with Crippen LogP contribution >= 0.6 is 0 Å². The molecule has 0 bridgehead atoms. The number of sulfonamides is 1. The van der Waals surface area contributed by atoms with E-state index in [9.17, 15) is 18.0 Å². The van der Waals surface area contributed by atoms with Gasteiger partial charge in [-0.15, -0.1) is 0 Å². The van der Waals surface area contributed by atoms with E-state index < -0.39 is 16.0 Å². The number of allylic oxidation sites excluding steroid dienone is 1. The molecule has 0 aromatic heterocycles. The van der Waals surface area contributed by atoms with E-state index in [-0.39, 0.29) is 49.0 Å². The molecule has 1 amide bonds. The smallest absolute Gasteiger partial charge is 0.330 e. The predicted octanol–water partition coefficient (Wildman–Crippen LogP) is 2.33. The zero-order chi connectivity index (χ0) is 21.7. The van der Waals surface area contributed by atoms with Gasteiger partial charge in [0.1, 0.15) is 0 Å². The molecule has 1 aromatic rings. The summed E-state index contributed by atoms with van der Waals surface area (Å²) < 4.78 is 32.1. The molecular weight excluding hydrogens is 392 g/mol. The van der Waals surface area contributed by atoms with Crippen LogP contribution in [0.15, 0.2) is 41.3 Å². The van der Waals surface area contributed by atoms with E-state index >= 15 is 0 Å². The summed E-state index contributed by atoms with van der Waals surface area (Å²) >= 11 is 0. The van der Waals surface area contributed by atoms with Crippen LogP contribution < -0.4 is 0 Å². The number of benzene rings is 1. The largest absolute Gasteiger partial charge is 0.452 e. The molecule has 1 fully saturated rings. The molecule has 0 atom stereocenters. The quantitative estimate of drug-likeness (QED) is 0.519. The van der Waals surface area contributed by atoms with Crippen molar-refractivity contribution in [2.24, 2.45) is 0 Å². The first kappa shape index (κ1) is 23.1. The Balaban J connectivity index is 1.93. The molecule has 2 rings (SSSR count). The first-order chi connectivity index (χ1) is 13.6. The van der Waals surface area contributed by atoms with E-state index in [4.69, 9.17) is 4.74 Å². The Morgan fingerprint density at radius 3 is 2.17 bits per heavy atom. The Labute approximate surface area is 173 Å². The molecule has 0 radical (unpaired) electrons. The van der Waals surface area contributed by atoms with Crippen LogP contribution in [0.1, 0.15) is 39.7 Å². The molecule has 1 heterocycles. The second kappa shape index (κ2) is 9.54. The van der Waals surface area contributed by atoms with Crippen molar-refractivity contribution >= 4 is 21.9 Å². The number of hydrogen-bond acceptors (Lipinski definition) is 5. The summed E-state index contributed by atoms with van der Waals surface area (Å²) in [5.41, 5.74) is 1.01. The van der Waals surface area contributed by atoms with Crippen molar-refractivity contribution in [1.29, 1.82) is 0 Å². The molecule has 1 aliphatic rings. The third kappa shape index (κ3) is 6.14. The van der Waals surface area contributed by atoms with E-state index in [0.29, 0.717) is 6.42 Å². The van der Waals surface area contributed by atoms with Crippen LogP contribution in [-0.4, -0.2) is 62.3 Å². The Morgan fingerprint density at radius 1 is 1.07 bits per heavy atom. The second-order valence-corrected chi connectivity index (χ2v) is 9.92. The standard InChI is InChI=1S/C21H30N2O5S/c1-5-6-7-20(25)28-16-19(24)22-12-14-23(15-13-22)29(26,27)18-10-8-17(9-11-18)21(2,3)4/h6-11H,5,12-16H2,1-4H3/b7-6+. The molecule has 0 aliphatic carbocycles. The second-order valence-electron chi connectivity index (χ2n) is 7.98. The van der Waals surface area contributed by atoms with Gasteiger partial charge in [0.15, 0.2) is 6.61 Å². The number of hydrogen-bond donors (Lipinski definition) is 0. The van der Waals surface area contributed by atoms with E-state index in [2.05, 4.69) is 20.8 Å². The maximum Gasteiger partial charge on any atom is 0.330 e. The van der Waals surface area contributed by atoms with Gasteiger partial charge in [-0.2, -0.15) is 4.31 Å². The summed E-state index contributed by atoms with van der Waals surface area (Å²) in [4.78, 5) is 25.4. The molecule has 7 nitrogen and oxygen atoms in total. The molecule has 1 saturated heterocycles. The van der Waals surface area contributed by atoms with Crippen molar-refractivity contribution in [3.05, 3.63) is 42.0 Å². The van der Waals surface area contributed by atoms with Crippen molar-refractivity contribution in [2.75, 3.05) is 32.8 Å². The lowest BCUT2D eigenvalue weighted by atomic mass is 9.87. The summed E-state index contributed by atoms with van der Waals surface area (Å²) in [6.07, 6.45) is 3.66. The van der Waals surface area contributed by atoms with Crippen LogP contribution in [0.5, 0.6) is 0 Å². The van der Waals surface area contributed by atoms with Gasteiger partial charge in [0.25, 0.3) is 5.91 Å². The Kier molecular flexibility index (Phi) is 7.60. The van der Waals surface area contributed by atoms with Gasteiger partial charge in [-0.1, -0.05) is 45.9 Å². The first-order valence-corrected chi connectivity index (χ1v) is 11.2. The molecule has 0 saturated carbocycles. The normalized spacial score (nSPS) is 16.2. The predicted molar refractivity (Wildman–Crippen MR) is 111 cm³/mol. The van der Waals surface area contributed by atoms with Crippen LogP contribution in [0.2, 0.25) is 0 Å². The van der Waals surface area contributed by atoms with Crippen molar-refractivity contribution < 1.29 is 22.7 Å². The number of carbonyl (C=O) groups excluding carboxylic acids is 2. The number of ether oxygens (including phenoxy) is 1. The Bertz CT molecular complexity index is 846. The third-order valence-electron chi connectivity index (χ3n) is 4.78. The number of esters is 1. The van der Waals surface area contributed by atoms with Crippen molar-refractivity contribution in [3.63, 3.8) is 0 Å². The summed E-state index contributed by atoms with van der Waals surface area (Å²) in [5.74, 6) is -0.880. The molecule has 1 aliphatic heterocycles. The topological polar surface area (TPSA) is 84.0 Å². The maximum atomic E-state index is 12.9. The lowest BCUT2D eigenvalue weighted by Gasteiger charge is -2.34. The molecule has 0 N–H and O–H groups in total.